The van der Waals surface area contributed by atoms with Crippen molar-refractivity contribution in [1.29, 1.82) is 0 Å². The van der Waals surface area contributed by atoms with Crippen LogP contribution in [-0.4, -0.2) is 30.4 Å². The topological polar surface area (TPSA) is 98.9 Å². The molecule has 0 aromatic heterocycles. The second-order valence-corrected chi connectivity index (χ2v) is 6.91. The summed E-state index contributed by atoms with van der Waals surface area (Å²) in [6, 6.07) is 0. The zero-order chi connectivity index (χ0) is 22.2. The van der Waals surface area contributed by atoms with Crippen LogP contribution in [0.1, 0.15) is 106 Å². The molecule has 3 N–H and O–H groups in total. The van der Waals surface area contributed by atoms with Crippen LogP contribution in [0.2, 0.25) is 0 Å². The molecule has 0 aromatic rings. The Kier molecular flexibility index (Phi) is 29.1. The summed E-state index contributed by atoms with van der Waals surface area (Å²) < 4.78 is 10.2. The Bertz CT molecular complexity index is 305. The molecule has 0 saturated carbocycles. The summed E-state index contributed by atoms with van der Waals surface area (Å²) in [5.74, 6) is 4.48. The fourth-order valence-corrected chi connectivity index (χ4v) is 2.42. The van der Waals surface area contributed by atoms with Gasteiger partial charge < -0.3 is 14.7 Å². The smallest absolute Gasteiger partial charge is 0.305 e. The second-order valence-electron chi connectivity index (χ2n) is 6.91. The van der Waals surface area contributed by atoms with Gasteiger partial charge in [-0.05, 0) is 24.7 Å². The van der Waals surface area contributed by atoms with Crippen LogP contribution >= 0.6 is 0 Å². The molecule has 28 heavy (non-hydrogen) atoms. The van der Waals surface area contributed by atoms with Crippen LogP contribution in [0.25, 0.3) is 0 Å². The van der Waals surface area contributed by atoms with Gasteiger partial charge in [-0.1, -0.05) is 80.1 Å². The van der Waals surface area contributed by atoms with Gasteiger partial charge in [-0.3, -0.25) is 9.59 Å². The summed E-state index contributed by atoms with van der Waals surface area (Å²) >= 11 is 0. The number of carbonyl (C=O) groups is 2. The fraction of sp³-hybridized carbons (Fsp3) is 0.909. The SMILES string of the molecule is CCCCC(CC)COC(=O)CC.CCCCC(CC)COC(=O)CC.NO. The third-order valence-electron chi connectivity index (χ3n) is 4.62. The van der Waals surface area contributed by atoms with Crippen molar-refractivity contribution in [3.05, 3.63) is 0 Å². The number of hydrogen-bond acceptors (Lipinski definition) is 6. The Labute approximate surface area is 173 Å². The molecule has 6 heteroatoms. The highest BCUT2D eigenvalue weighted by Gasteiger charge is 2.09. The lowest BCUT2D eigenvalue weighted by Crippen LogP contribution is -2.12. The van der Waals surface area contributed by atoms with Crippen LogP contribution in [0.3, 0.4) is 0 Å². The maximum atomic E-state index is 10.9. The molecule has 0 heterocycles. The zero-order valence-corrected chi connectivity index (χ0v) is 19.3. The Morgan fingerprint density at radius 3 is 1.25 bits per heavy atom. The number of hydrogen-bond donors (Lipinski definition) is 2. The predicted octanol–water partition coefficient (Wildman–Crippen LogP) is 5.65. The molecule has 0 spiro atoms. The molecular weight excluding hydrogens is 358 g/mol. The molecule has 0 aliphatic heterocycles. The average Bonchev–Trinajstić information content (AvgIpc) is 2.75. The van der Waals surface area contributed by atoms with Crippen molar-refractivity contribution in [1.82, 2.24) is 0 Å². The molecule has 0 aromatic carbocycles. The number of rotatable bonds is 14. The van der Waals surface area contributed by atoms with Gasteiger partial charge in [0.05, 0.1) is 13.2 Å². The minimum Gasteiger partial charge on any atom is -0.465 e. The van der Waals surface area contributed by atoms with Crippen molar-refractivity contribution in [2.24, 2.45) is 17.7 Å². The normalized spacial score (nSPS) is 11.9. The number of ether oxygens (including phenoxy) is 2. The van der Waals surface area contributed by atoms with Crippen LogP contribution in [0.15, 0.2) is 0 Å². The standard InChI is InChI=1S/2C11H22O2.H3NO/c2*1-4-7-8-10(5-2)9-13-11(12)6-3;1-2/h2*10H,4-9H2,1-3H3;2H,1H2. The summed E-state index contributed by atoms with van der Waals surface area (Å²) in [6.45, 7) is 13.6. The van der Waals surface area contributed by atoms with E-state index in [1.165, 1.54) is 38.5 Å². The molecule has 2 atom stereocenters. The van der Waals surface area contributed by atoms with Crippen molar-refractivity contribution in [2.75, 3.05) is 13.2 Å². The molecule has 2 unspecified atom stereocenters. The van der Waals surface area contributed by atoms with E-state index in [2.05, 4.69) is 33.6 Å². The van der Waals surface area contributed by atoms with Gasteiger partial charge in [0.2, 0.25) is 0 Å². The summed E-state index contributed by atoms with van der Waals surface area (Å²) in [6.07, 6.45) is 10.5. The van der Waals surface area contributed by atoms with Gasteiger partial charge in [-0.2, -0.15) is 0 Å². The number of unbranched alkanes of at least 4 members (excludes halogenated alkanes) is 2. The highest BCUT2D eigenvalue weighted by molar-refractivity contribution is 5.69. The monoisotopic (exact) mass is 405 g/mol. The first-order valence-electron chi connectivity index (χ1n) is 11.1. The van der Waals surface area contributed by atoms with Crippen LogP contribution < -0.4 is 5.90 Å². The van der Waals surface area contributed by atoms with Crippen LogP contribution in [0.4, 0.5) is 0 Å². The lowest BCUT2D eigenvalue weighted by Gasteiger charge is -2.13. The maximum absolute atomic E-state index is 10.9. The Hall–Kier alpha value is -1.14. The first-order valence-corrected chi connectivity index (χ1v) is 11.1. The third-order valence-corrected chi connectivity index (χ3v) is 4.62. The number of esters is 2. The van der Waals surface area contributed by atoms with Gasteiger partial charge >= 0.3 is 11.9 Å². The lowest BCUT2D eigenvalue weighted by atomic mass is 10.0. The molecule has 0 amide bonds. The van der Waals surface area contributed by atoms with Gasteiger partial charge in [-0.15, -0.1) is 0 Å². The third kappa shape index (κ3) is 22.9. The van der Waals surface area contributed by atoms with E-state index in [4.69, 9.17) is 14.7 Å². The predicted molar refractivity (Wildman–Crippen MR) is 115 cm³/mol. The molecule has 0 aliphatic rings. The molecule has 0 bridgehead atoms. The second kappa shape index (κ2) is 25.9. The van der Waals surface area contributed by atoms with E-state index >= 15 is 0 Å². The van der Waals surface area contributed by atoms with Crippen LogP contribution in [0.5, 0.6) is 0 Å². The van der Waals surface area contributed by atoms with Crippen molar-refractivity contribution in [3.8, 4) is 0 Å². The fourth-order valence-electron chi connectivity index (χ4n) is 2.42. The largest absolute Gasteiger partial charge is 0.465 e. The molecular formula is C22H47NO5. The van der Waals surface area contributed by atoms with Gasteiger partial charge in [0.1, 0.15) is 0 Å². The van der Waals surface area contributed by atoms with Gasteiger partial charge in [-0.25, -0.2) is 5.90 Å². The first kappa shape index (κ1) is 31.6. The van der Waals surface area contributed by atoms with Gasteiger partial charge in [0.15, 0.2) is 0 Å². The van der Waals surface area contributed by atoms with E-state index in [-0.39, 0.29) is 11.9 Å². The zero-order valence-electron chi connectivity index (χ0n) is 19.3. The van der Waals surface area contributed by atoms with Crippen molar-refractivity contribution in [3.63, 3.8) is 0 Å². The summed E-state index contributed by atoms with van der Waals surface area (Å²) in [7, 11) is 0. The van der Waals surface area contributed by atoms with E-state index in [0.29, 0.717) is 37.9 Å². The summed E-state index contributed by atoms with van der Waals surface area (Å²) in [4.78, 5) is 21.8. The molecule has 0 fully saturated rings. The molecule has 0 aliphatic carbocycles. The first-order chi connectivity index (χ1) is 13.5. The van der Waals surface area contributed by atoms with Gasteiger partial charge in [0, 0.05) is 12.8 Å². The molecule has 0 radical (unpaired) electrons. The number of nitrogens with two attached hydrogens (primary N) is 1. The van der Waals surface area contributed by atoms with E-state index in [1.54, 1.807) is 0 Å². The number of carbonyl (C=O) groups excluding carboxylic acids is 2. The molecule has 6 nitrogen and oxygen atoms in total. The maximum Gasteiger partial charge on any atom is 0.305 e. The van der Waals surface area contributed by atoms with Crippen molar-refractivity contribution >= 4 is 11.9 Å². The average molecular weight is 406 g/mol. The Morgan fingerprint density at radius 1 is 0.714 bits per heavy atom. The molecule has 0 saturated heterocycles. The quantitative estimate of drug-likeness (QED) is 0.286. The minimum atomic E-state index is -0.0741. The van der Waals surface area contributed by atoms with Gasteiger partial charge in [0.25, 0.3) is 0 Å². The Morgan fingerprint density at radius 2 is 1.04 bits per heavy atom. The van der Waals surface area contributed by atoms with Crippen molar-refractivity contribution in [2.45, 2.75) is 106 Å². The van der Waals surface area contributed by atoms with Crippen LogP contribution in [0, 0.1) is 11.8 Å². The molecule has 170 valence electrons. The van der Waals surface area contributed by atoms with E-state index < -0.39 is 0 Å². The highest BCUT2D eigenvalue weighted by Crippen LogP contribution is 2.13. The van der Waals surface area contributed by atoms with E-state index in [1.807, 2.05) is 13.8 Å². The lowest BCUT2D eigenvalue weighted by molar-refractivity contribution is -0.145. The molecule has 0 rings (SSSR count). The van der Waals surface area contributed by atoms with E-state index in [0.717, 1.165) is 12.8 Å². The van der Waals surface area contributed by atoms with Crippen molar-refractivity contribution < 1.29 is 24.3 Å². The highest BCUT2D eigenvalue weighted by atomic mass is 16.5. The Balaban J connectivity index is -0.000000410. The summed E-state index contributed by atoms with van der Waals surface area (Å²) in [5.41, 5.74) is 0. The van der Waals surface area contributed by atoms with Crippen LogP contribution in [-0.2, 0) is 19.1 Å². The minimum absolute atomic E-state index is 0.0741. The van der Waals surface area contributed by atoms with E-state index in [9.17, 15) is 9.59 Å². The summed E-state index contributed by atoms with van der Waals surface area (Å²) in [5, 5.41) is 6.50.